The van der Waals surface area contributed by atoms with E-state index in [0.29, 0.717) is 5.92 Å². The van der Waals surface area contributed by atoms with E-state index < -0.39 is 0 Å². The van der Waals surface area contributed by atoms with Gasteiger partial charge in [0.1, 0.15) is 18.0 Å². The van der Waals surface area contributed by atoms with E-state index in [4.69, 9.17) is 0 Å². The zero-order valence-electron chi connectivity index (χ0n) is 14.7. The molecule has 7 nitrogen and oxygen atoms in total. The second kappa shape index (κ2) is 8.05. The first-order valence-electron chi connectivity index (χ1n) is 9.05. The van der Waals surface area contributed by atoms with Gasteiger partial charge in [0.05, 0.1) is 0 Å². The van der Waals surface area contributed by atoms with Crippen LogP contribution in [0, 0.1) is 5.92 Å². The lowest BCUT2D eigenvalue weighted by atomic mass is 9.93. The van der Waals surface area contributed by atoms with Crippen molar-refractivity contribution in [3.05, 3.63) is 60.4 Å². The highest BCUT2D eigenvalue weighted by Gasteiger charge is 2.21. The molecule has 1 saturated heterocycles. The van der Waals surface area contributed by atoms with Gasteiger partial charge in [-0.1, -0.05) is 6.07 Å². The predicted octanol–water partition coefficient (Wildman–Crippen LogP) is 2.79. The van der Waals surface area contributed by atoms with Crippen LogP contribution in [0.2, 0.25) is 0 Å². The first-order valence-corrected chi connectivity index (χ1v) is 9.05. The molecule has 1 aliphatic heterocycles. The number of rotatable bonds is 6. The molecule has 0 radical (unpaired) electrons. The van der Waals surface area contributed by atoms with E-state index in [0.717, 1.165) is 43.4 Å². The molecule has 0 saturated carbocycles. The van der Waals surface area contributed by atoms with Crippen molar-refractivity contribution < 1.29 is 0 Å². The number of hydrogen-bond acceptors (Lipinski definition) is 6. The van der Waals surface area contributed by atoms with Crippen LogP contribution in [0.5, 0.6) is 0 Å². The lowest BCUT2D eigenvalue weighted by Gasteiger charge is -2.32. The predicted molar refractivity (Wildman–Crippen MR) is 99.8 cm³/mol. The Kier molecular flexibility index (Phi) is 5.16. The van der Waals surface area contributed by atoms with Gasteiger partial charge in [-0.05, 0) is 49.9 Å². The number of hydrogen-bond donors (Lipinski definition) is 2. The molecule has 26 heavy (non-hydrogen) atoms. The van der Waals surface area contributed by atoms with E-state index in [1.54, 1.807) is 12.5 Å². The van der Waals surface area contributed by atoms with Crippen LogP contribution in [-0.4, -0.2) is 43.1 Å². The van der Waals surface area contributed by atoms with E-state index in [9.17, 15) is 0 Å². The van der Waals surface area contributed by atoms with Crippen LogP contribution in [0.15, 0.2) is 49.1 Å². The molecule has 1 fully saturated rings. The van der Waals surface area contributed by atoms with E-state index in [-0.39, 0.29) is 0 Å². The van der Waals surface area contributed by atoms with Crippen LogP contribution in [0.1, 0.15) is 24.2 Å². The molecular formula is C19H23N7. The highest BCUT2D eigenvalue weighted by Crippen LogP contribution is 2.22. The monoisotopic (exact) mass is 349 g/mol. The van der Waals surface area contributed by atoms with Gasteiger partial charge < -0.3 is 5.32 Å². The Balaban J connectivity index is 1.36. The van der Waals surface area contributed by atoms with Crippen molar-refractivity contribution >= 4 is 11.6 Å². The molecule has 134 valence electrons. The molecule has 0 aromatic carbocycles. The van der Waals surface area contributed by atoms with E-state index in [1.807, 2.05) is 36.5 Å². The first kappa shape index (κ1) is 16.7. The Hall–Kier alpha value is -2.80. The second-order valence-corrected chi connectivity index (χ2v) is 6.76. The van der Waals surface area contributed by atoms with Gasteiger partial charge in [0, 0.05) is 42.9 Å². The summed E-state index contributed by atoms with van der Waals surface area (Å²) in [6.07, 6.45) is 8.65. The van der Waals surface area contributed by atoms with Crippen molar-refractivity contribution in [2.75, 3.05) is 18.4 Å². The van der Waals surface area contributed by atoms with Crippen LogP contribution in [-0.2, 0) is 13.0 Å². The quantitative estimate of drug-likeness (QED) is 0.712. The van der Waals surface area contributed by atoms with Gasteiger partial charge in [-0.3, -0.25) is 10.00 Å². The Labute approximate surface area is 152 Å². The highest BCUT2D eigenvalue weighted by molar-refractivity contribution is 5.50. The normalized spacial score (nSPS) is 17.9. The highest BCUT2D eigenvalue weighted by atomic mass is 15.2. The third-order valence-corrected chi connectivity index (χ3v) is 4.70. The van der Waals surface area contributed by atoms with Gasteiger partial charge in [-0.25, -0.2) is 15.0 Å². The molecule has 7 heteroatoms. The van der Waals surface area contributed by atoms with Crippen molar-refractivity contribution in [3.8, 4) is 0 Å². The average molecular weight is 349 g/mol. The summed E-state index contributed by atoms with van der Waals surface area (Å²) in [4.78, 5) is 15.6. The molecule has 0 aliphatic carbocycles. The largest absolute Gasteiger partial charge is 0.325 e. The Morgan fingerprint density at radius 3 is 2.96 bits per heavy atom. The van der Waals surface area contributed by atoms with Crippen LogP contribution in [0.4, 0.5) is 11.6 Å². The van der Waals surface area contributed by atoms with Crippen LogP contribution < -0.4 is 5.32 Å². The summed E-state index contributed by atoms with van der Waals surface area (Å²) in [5, 5.41) is 10.3. The number of piperidine rings is 1. The molecule has 4 heterocycles. The van der Waals surface area contributed by atoms with Gasteiger partial charge in [0.15, 0.2) is 0 Å². The van der Waals surface area contributed by atoms with Crippen molar-refractivity contribution in [3.63, 3.8) is 0 Å². The maximum Gasteiger partial charge on any atom is 0.135 e. The molecule has 4 rings (SSSR count). The summed E-state index contributed by atoms with van der Waals surface area (Å²) in [5.74, 6) is 2.20. The van der Waals surface area contributed by atoms with Crippen LogP contribution in [0.3, 0.4) is 0 Å². The molecule has 1 atom stereocenters. The fraction of sp³-hybridized carbons (Fsp3) is 0.368. The lowest BCUT2D eigenvalue weighted by Crippen LogP contribution is -2.35. The maximum atomic E-state index is 4.47. The third-order valence-electron chi connectivity index (χ3n) is 4.70. The minimum atomic E-state index is 0.615. The van der Waals surface area contributed by atoms with Gasteiger partial charge in [-0.15, -0.1) is 0 Å². The molecule has 1 aliphatic rings. The first-order chi connectivity index (χ1) is 12.8. The number of nitrogens with zero attached hydrogens (tertiary/aromatic N) is 5. The summed E-state index contributed by atoms with van der Waals surface area (Å²) in [6, 6.07) is 9.85. The molecule has 0 bridgehead atoms. The van der Waals surface area contributed by atoms with Gasteiger partial charge in [0.2, 0.25) is 0 Å². The molecule has 3 aromatic heterocycles. The molecular weight excluding hydrogens is 326 g/mol. The van der Waals surface area contributed by atoms with Gasteiger partial charge >= 0.3 is 0 Å². The van der Waals surface area contributed by atoms with Crippen molar-refractivity contribution in [1.82, 2.24) is 30.0 Å². The van der Waals surface area contributed by atoms with Crippen molar-refractivity contribution in [2.24, 2.45) is 5.92 Å². The Bertz CT molecular complexity index is 804. The summed E-state index contributed by atoms with van der Waals surface area (Å²) in [6.45, 7) is 3.17. The number of anilines is 2. The SMILES string of the molecule is c1ccc(Nc2cc(C[C@H]3CCCN(Cc4ccn[nH]4)C3)ncn2)nc1. The minimum absolute atomic E-state index is 0.615. The molecule has 0 unspecified atom stereocenters. The standard InChI is InChI=1S/C19H23N7/c1-2-7-20-18(5-1)24-19-11-17(21-14-22-19)10-15-4-3-9-26(12-15)13-16-6-8-23-25-16/h1-2,5-8,11,14-15H,3-4,9-10,12-13H2,(H,23,25)(H,20,21,22,24)/t15-/m1/s1. The summed E-state index contributed by atoms with van der Waals surface area (Å²) < 4.78 is 0. The number of aromatic amines is 1. The fourth-order valence-corrected chi connectivity index (χ4v) is 3.52. The summed E-state index contributed by atoms with van der Waals surface area (Å²) in [7, 11) is 0. The average Bonchev–Trinajstić information content (AvgIpc) is 3.16. The summed E-state index contributed by atoms with van der Waals surface area (Å²) in [5.41, 5.74) is 2.25. The van der Waals surface area contributed by atoms with Gasteiger partial charge in [-0.2, -0.15) is 5.10 Å². The maximum absolute atomic E-state index is 4.47. The van der Waals surface area contributed by atoms with Crippen molar-refractivity contribution in [1.29, 1.82) is 0 Å². The zero-order valence-corrected chi connectivity index (χ0v) is 14.7. The molecule has 3 aromatic rings. The zero-order chi connectivity index (χ0) is 17.6. The van der Waals surface area contributed by atoms with Crippen molar-refractivity contribution in [2.45, 2.75) is 25.8 Å². The van der Waals surface area contributed by atoms with Crippen LogP contribution >= 0.6 is 0 Å². The van der Waals surface area contributed by atoms with Gasteiger partial charge in [0.25, 0.3) is 0 Å². The van der Waals surface area contributed by atoms with E-state index >= 15 is 0 Å². The topological polar surface area (TPSA) is 82.6 Å². The number of aromatic nitrogens is 5. The van der Waals surface area contributed by atoms with Crippen LogP contribution in [0.25, 0.3) is 0 Å². The summed E-state index contributed by atoms with van der Waals surface area (Å²) >= 11 is 0. The Morgan fingerprint density at radius 1 is 1.12 bits per heavy atom. The van der Waals surface area contributed by atoms with E-state index in [2.05, 4.69) is 35.4 Å². The molecule has 2 N–H and O–H groups in total. The molecule has 0 spiro atoms. The minimum Gasteiger partial charge on any atom is -0.325 e. The second-order valence-electron chi connectivity index (χ2n) is 6.76. The number of nitrogens with one attached hydrogen (secondary N) is 2. The lowest BCUT2D eigenvalue weighted by molar-refractivity contribution is 0.164. The number of H-pyrrole nitrogens is 1. The molecule has 0 amide bonds. The number of pyridine rings is 1. The Morgan fingerprint density at radius 2 is 2.12 bits per heavy atom. The third kappa shape index (κ3) is 4.43. The smallest absolute Gasteiger partial charge is 0.135 e. The fourth-order valence-electron chi connectivity index (χ4n) is 3.52. The number of likely N-dealkylation sites (tertiary alicyclic amines) is 1. The van der Waals surface area contributed by atoms with E-state index in [1.165, 1.54) is 18.5 Å².